The first-order chi connectivity index (χ1) is 13.1. The van der Waals surface area contributed by atoms with Crippen LogP contribution in [0.2, 0.25) is 0 Å². The van der Waals surface area contributed by atoms with E-state index in [4.69, 9.17) is 5.11 Å². The largest absolute Gasteiger partial charge is 0.478 e. The number of unbranched alkanes of at least 4 members (excludes halogenated alkanes) is 1. The van der Waals surface area contributed by atoms with Crippen molar-refractivity contribution < 1.29 is 38.5 Å². The number of methoxy groups -OCH3 is 1. The van der Waals surface area contributed by atoms with Crippen LogP contribution in [0.4, 0.5) is 0 Å². The van der Waals surface area contributed by atoms with E-state index in [1.54, 1.807) is 6.92 Å². The van der Waals surface area contributed by atoms with Crippen LogP contribution in [0.1, 0.15) is 33.6 Å². The van der Waals surface area contributed by atoms with Crippen LogP contribution in [-0.4, -0.2) is 49.3 Å². The number of rotatable bonds is 8. The van der Waals surface area contributed by atoms with Crippen molar-refractivity contribution >= 4 is 23.9 Å². The van der Waals surface area contributed by atoms with Crippen LogP contribution in [0.15, 0.2) is 50.1 Å². The van der Waals surface area contributed by atoms with E-state index in [-0.39, 0.29) is 17.5 Å². The molecule has 0 amide bonds. The van der Waals surface area contributed by atoms with Crippen molar-refractivity contribution in [2.45, 2.75) is 33.6 Å². The van der Waals surface area contributed by atoms with Gasteiger partial charge in [0, 0.05) is 23.8 Å². The molecule has 0 saturated carbocycles. The monoisotopic (exact) mass is 400 g/mol. The van der Waals surface area contributed by atoms with Crippen molar-refractivity contribution in [1.82, 2.24) is 0 Å². The Morgan fingerprint density at radius 1 is 0.893 bits per heavy atom. The second-order valence-corrected chi connectivity index (χ2v) is 4.49. The molecule has 0 aliphatic carbocycles. The van der Waals surface area contributed by atoms with Crippen molar-refractivity contribution in [3.05, 3.63) is 50.1 Å². The summed E-state index contributed by atoms with van der Waals surface area (Å²) in [6, 6.07) is 0. The van der Waals surface area contributed by atoms with E-state index in [9.17, 15) is 19.2 Å². The zero-order valence-corrected chi connectivity index (χ0v) is 17.2. The highest BCUT2D eigenvalue weighted by Crippen LogP contribution is 1.88. The Balaban J connectivity index is -0.000000139. The van der Waals surface area contributed by atoms with Crippen LogP contribution in [0.25, 0.3) is 0 Å². The molecule has 0 rings (SSSR count). The molecule has 160 valence electrons. The van der Waals surface area contributed by atoms with Gasteiger partial charge in [-0.15, -0.1) is 0 Å². The number of carboxylic acids is 1. The van der Waals surface area contributed by atoms with Crippen molar-refractivity contribution in [1.29, 1.82) is 0 Å². The number of carbonyl (C=O) groups is 4. The minimum absolute atomic E-state index is 0.176. The average Bonchev–Trinajstić information content (AvgIpc) is 2.68. The van der Waals surface area contributed by atoms with Gasteiger partial charge in [-0.1, -0.05) is 39.7 Å². The average molecular weight is 400 g/mol. The number of hydrogen-bond acceptors (Lipinski definition) is 7. The third kappa shape index (κ3) is 38.4. The highest BCUT2D eigenvalue weighted by atomic mass is 16.5. The summed E-state index contributed by atoms with van der Waals surface area (Å²) in [5.74, 6) is -2.02. The second kappa shape index (κ2) is 26.1. The fourth-order valence-corrected chi connectivity index (χ4v) is 0.661. The number of ether oxygens (including phenoxy) is 3. The van der Waals surface area contributed by atoms with Crippen LogP contribution >= 0.6 is 0 Å². The summed E-state index contributed by atoms with van der Waals surface area (Å²) in [7, 11) is 1.31. The molecule has 0 bridgehead atoms. The van der Waals surface area contributed by atoms with E-state index < -0.39 is 11.9 Å². The van der Waals surface area contributed by atoms with Gasteiger partial charge in [-0.05, 0) is 20.3 Å². The molecule has 0 spiro atoms. The van der Waals surface area contributed by atoms with E-state index in [2.05, 4.69) is 40.5 Å². The van der Waals surface area contributed by atoms with Gasteiger partial charge in [0.2, 0.25) is 0 Å². The first-order valence-corrected chi connectivity index (χ1v) is 8.25. The Labute approximate surface area is 167 Å². The van der Waals surface area contributed by atoms with E-state index in [1.807, 2.05) is 6.92 Å². The summed E-state index contributed by atoms with van der Waals surface area (Å²) < 4.78 is 13.3. The highest BCUT2D eigenvalue weighted by molar-refractivity contribution is 5.84. The second-order valence-electron chi connectivity index (χ2n) is 4.49. The third-order valence-corrected chi connectivity index (χ3v) is 2.10. The molecule has 0 aromatic rings. The van der Waals surface area contributed by atoms with Gasteiger partial charge in [-0.2, -0.15) is 0 Å². The molecule has 28 heavy (non-hydrogen) atoms. The molecule has 0 aliphatic heterocycles. The van der Waals surface area contributed by atoms with E-state index in [1.165, 1.54) is 20.1 Å². The topological polar surface area (TPSA) is 116 Å². The van der Waals surface area contributed by atoms with Crippen LogP contribution in [0.5, 0.6) is 0 Å². The fraction of sp³-hybridized carbons (Fsp3) is 0.400. The number of esters is 3. The normalized spacial score (nSPS) is 7.71. The molecular weight excluding hydrogens is 368 g/mol. The molecule has 0 aromatic heterocycles. The van der Waals surface area contributed by atoms with Gasteiger partial charge in [0.15, 0.2) is 0 Å². The lowest BCUT2D eigenvalue weighted by atomic mass is 10.4. The summed E-state index contributed by atoms with van der Waals surface area (Å²) in [5, 5.41) is 7.89. The van der Waals surface area contributed by atoms with Gasteiger partial charge in [-0.25, -0.2) is 19.2 Å². The van der Waals surface area contributed by atoms with E-state index in [0.29, 0.717) is 13.2 Å². The summed E-state index contributed by atoms with van der Waals surface area (Å²) >= 11 is 0. The lowest BCUT2D eigenvalue weighted by molar-refractivity contribution is -0.138. The minimum Gasteiger partial charge on any atom is -0.478 e. The maximum absolute atomic E-state index is 10.3. The van der Waals surface area contributed by atoms with Gasteiger partial charge in [0.1, 0.15) is 0 Å². The molecule has 1 N–H and O–H groups in total. The molecule has 8 heteroatoms. The van der Waals surface area contributed by atoms with Gasteiger partial charge < -0.3 is 19.3 Å². The minimum atomic E-state index is -0.935. The Morgan fingerprint density at radius 3 is 1.46 bits per heavy atom. The molecule has 0 saturated heterocycles. The summed E-state index contributed by atoms with van der Waals surface area (Å²) in [6.07, 6.45) is 5.41. The highest BCUT2D eigenvalue weighted by Gasteiger charge is 1.91. The molecule has 8 nitrogen and oxygen atoms in total. The standard InChI is InChI=1S/C7H12O2.C5H8O2.2C4H6O2/c1-3-5-6-9-7(8)4-2;1-3-5(6)7-4-2;1-3-4(5)6-2;1-3(2)4(5)6/h4H,2-3,5-6H2,1H3;3H,1,4H2,2H3;3H,1H2,2H3;1H2,2H3,(H,5,6). The lowest BCUT2D eigenvalue weighted by Gasteiger charge is -1.97. The Hall–Kier alpha value is -3.16. The predicted molar refractivity (Wildman–Crippen MR) is 108 cm³/mol. The Bertz CT molecular complexity index is 492. The lowest BCUT2D eigenvalue weighted by Crippen LogP contribution is -2.00. The molecule has 0 atom stereocenters. The molecule has 0 aliphatic rings. The van der Waals surface area contributed by atoms with Crippen LogP contribution in [0, 0.1) is 0 Å². The molecule has 0 heterocycles. The van der Waals surface area contributed by atoms with Crippen molar-refractivity contribution in [3.8, 4) is 0 Å². The smallest absolute Gasteiger partial charge is 0.330 e. The zero-order valence-electron chi connectivity index (χ0n) is 17.2. The first-order valence-electron chi connectivity index (χ1n) is 8.25. The van der Waals surface area contributed by atoms with Crippen LogP contribution in [-0.2, 0) is 33.4 Å². The maximum atomic E-state index is 10.3. The molecule has 0 aromatic carbocycles. The van der Waals surface area contributed by atoms with Crippen LogP contribution in [0.3, 0.4) is 0 Å². The van der Waals surface area contributed by atoms with E-state index >= 15 is 0 Å². The fourth-order valence-electron chi connectivity index (χ4n) is 0.661. The summed E-state index contributed by atoms with van der Waals surface area (Å²) in [5.41, 5.74) is 0.176. The first kappa shape index (κ1) is 32.5. The zero-order chi connectivity index (χ0) is 23.0. The summed E-state index contributed by atoms with van der Waals surface area (Å²) in [6.45, 7) is 19.0. The maximum Gasteiger partial charge on any atom is 0.330 e. The third-order valence-electron chi connectivity index (χ3n) is 2.10. The molecule has 0 fully saturated rings. The number of aliphatic carboxylic acids is 1. The van der Waals surface area contributed by atoms with Crippen molar-refractivity contribution in [2.75, 3.05) is 20.3 Å². The van der Waals surface area contributed by atoms with Gasteiger partial charge in [0.05, 0.1) is 20.3 Å². The number of hydrogen-bond donors (Lipinski definition) is 1. The Kier molecular flexibility index (Phi) is 30.3. The van der Waals surface area contributed by atoms with Crippen molar-refractivity contribution in [3.63, 3.8) is 0 Å². The van der Waals surface area contributed by atoms with Gasteiger partial charge in [0.25, 0.3) is 0 Å². The van der Waals surface area contributed by atoms with Gasteiger partial charge >= 0.3 is 23.9 Å². The quantitative estimate of drug-likeness (QED) is 0.286. The number of carbonyl (C=O) groups excluding carboxylic acids is 3. The molecular formula is C20H32O8. The number of carboxylic acid groups (broad SMARTS) is 1. The molecule has 0 radical (unpaired) electrons. The SMILES string of the molecule is C=C(C)C(=O)O.C=CC(=O)OC.C=CC(=O)OCC.C=CC(=O)OCCCC. The molecule has 0 unspecified atom stereocenters. The van der Waals surface area contributed by atoms with Crippen LogP contribution < -0.4 is 0 Å². The van der Waals surface area contributed by atoms with Gasteiger partial charge in [-0.3, -0.25) is 0 Å². The van der Waals surface area contributed by atoms with Crippen molar-refractivity contribution in [2.24, 2.45) is 0 Å². The Morgan fingerprint density at radius 2 is 1.29 bits per heavy atom. The van der Waals surface area contributed by atoms with E-state index in [0.717, 1.165) is 25.0 Å². The predicted octanol–water partition coefficient (Wildman–Crippen LogP) is 3.24. The summed E-state index contributed by atoms with van der Waals surface area (Å²) in [4.78, 5) is 39.9.